The number of imidazole rings is 1. The largest absolute Gasteiger partial charge is 0.436 e. The molecular weight excluding hydrogens is 490 g/mol. The van der Waals surface area contributed by atoms with Gasteiger partial charge in [-0.15, -0.1) is 0 Å². The van der Waals surface area contributed by atoms with Crippen LogP contribution < -0.4 is 5.32 Å². The third-order valence-corrected chi connectivity index (χ3v) is 7.65. The molecule has 0 unspecified atom stereocenters. The predicted molar refractivity (Wildman–Crippen MR) is 135 cm³/mol. The Bertz CT molecular complexity index is 1860. The maximum atomic E-state index is 12.9. The van der Waals surface area contributed by atoms with Crippen LogP contribution >= 0.6 is 0 Å². The lowest BCUT2D eigenvalue weighted by molar-refractivity contribution is 0.0950. The molecule has 0 atom stereocenters. The molecule has 6 rings (SSSR count). The molecule has 9 nitrogen and oxygen atoms in total. The van der Waals surface area contributed by atoms with Crippen LogP contribution in [0.2, 0.25) is 0 Å². The summed E-state index contributed by atoms with van der Waals surface area (Å²) in [5, 5.41) is 2.88. The molecule has 3 aromatic carbocycles. The summed E-state index contributed by atoms with van der Waals surface area (Å²) in [5.74, 6) is 0.660. The zero-order valence-corrected chi connectivity index (χ0v) is 20.1. The molecule has 0 aliphatic heterocycles. The van der Waals surface area contributed by atoms with Crippen molar-refractivity contribution in [2.24, 2.45) is 0 Å². The molecule has 182 valence electrons. The van der Waals surface area contributed by atoms with Gasteiger partial charge >= 0.3 is 0 Å². The maximum Gasteiger partial charge on any atom is 0.254 e. The Morgan fingerprint density at radius 3 is 2.57 bits per heavy atom. The third-order valence-electron chi connectivity index (χ3n) is 5.88. The van der Waals surface area contributed by atoms with Crippen LogP contribution in [0.25, 0.3) is 28.3 Å². The quantitative estimate of drug-likeness (QED) is 0.355. The summed E-state index contributed by atoms with van der Waals surface area (Å²) in [6.07, 6.45) is 6.52. The standard InChI is InChI=1S/C27H19N5O4S/c33-25(20-16-30-27-28-12-13-32(27)17-20)29-15-18-6-8-19(9-7-18)26-31-23-14-22(10-11-24(23)36-26)37(34,35)21-4-2-1-3-5-21/h1-14,16-17H,15H2,(H,29,33). The fourth-order valence-electron chi connectivity index (χ4n) is 3.92. The number of hydrogen-bond acceptors (Lipinski definition) is 7. The second kappa shape index (κ2) is 8.99. The minimum atomic E-state index is -3.66. The highest BCUT2D eigenvalue weighted by atomic mass is 32.2. The summed E-state index contributed by atoms with van der Waals surface area (Å²) in [6.45, 7) is 0.329. The average molecular weight is 510 g/mol. The number of carbonyl (C=O) groups excluding carboxylic acids is 1. The van der Waals surface area contributed by atoms with Crippen LogP contribution in [-0.4, -0.2) is 33.7 Å². The monoisotopic (exact) mass is 509 g/mol. The Hall–Kier alpha value is -4.83. The predicted octanol–water partition coefficient (Wildman–Crippen LogP) is 4.30. The summed E-state index contributed by atoms with van der Waals surface area (Å²) in [4.78, 5) is 25.6. The summed E-state index contributed by atoms with van der Waals surface area (Å²) < 4.78 is 33.4. The van der Waals surface area contributed by atoms with Crippen LogP contribution in [0.15, 0.2) is 112 Å². The molecular formula is C27H19N5O4S. The molecule has 6 aromatic rings. The Kier molecular flexibility index (Phi) is 5.50. The van der Waals surface area contributed by atoms with Gasteiger partial charge < -0.3 is 9.73 Å². The number of carbonyl (C=O) groups is 1. The lowest BCUT2D eigenvalue weighted by atomic mass is 10.1. The van der Waals surface area contributed by atoms with Gasteiger partial charge in [-0.05, 0) is 48.0 Å². The van der Waals surface area contributed by atoms with Gasteiger partial charge in [0.15, 0.2) is 5.58 Å². The highest BCUT2D eigenvalue weighted by Gasteiger charge is 2.19. The highest BCUT2D eigenvalue weighted by molar-refractivity contribution is 7.91. The van der Waals surface area contributed by atoms with Crippen LogP contribution in [0.3, 0.4) is 0 Å². The number of hydrogen-bond donors (Lipinski definition) is 1. The minimum absolute atomic E-state index is 0.152. The summed E-state index contributed by atoms with van der Waals surface area (Å²) in [7, 11) is -3.66. The first-order valence-corrected chi connectivity index (χ1v) is 12.8. The normalized spacial score (nSPS) is 11.7. The van der Waals surface area contributed by atoms with Crippen molar-refractivity contribution in [3.8, 4) is 11.5 Å². The van der Waals surface area contributed by atoms with Gasteiger partial charge in [-0.1, -0.05) is 30.3 Å². The van der Waals surface area contributed by atoms with Crippen molar-refractivity contribution in [1.29, 1.82) is 0 Å². The van der Waals surface area contributed by atoms with Crippen molar-refractivity contribution >= 4 is 32.6 Å². The van der Waals surface area contributed by atoms with E-state index < -0.39 is 9.84 Å². The number of sulfone groups is 1. The fraction of sp³-hybridized carbons (Fsp3) is 0.0370. The Labute approximate surface area is 211 Å². The Morgan fingerprint density at radius 2 is 1.76 bits per heavy atom. The molecule has 0 spiro atoms. The molecule has 0 radical (unpaired) electrons. The molecule has 0 aliphatic rings. The van der Waals surface area contributed by atoms with Gasteiger partial charge in [-0.3, -0.25) is 9.20 Å². The first-order chi connectivity index (χ1) is 18.0. The molecule has 37 heavy (non-hydrogen) atoms. The first kappa shape index (κ1) is 22.6. The molecule has 10 heteroatoms. The molecule has 0 saturated carbocycles. The lowest BCUT2D eigenvalue weighted by Crippen LogP contribution is -2.23. The Balaban J connectivity index is 1.18. The molecule has 3 aromatic heterocycles. The summed E-state index contributed by atoms with van der Waals surface area (Å²) >= 11 is 0. The van der Waals surface area contributed by atoms with Gasteiger partial charge in [-0.25, -0.2) is 23.4 Å². The lowest BCUT2D eigenvalue weighted by Gasteiger charge is -2.06. The number of fused-ring (bicyclic) bond motifs is 2. The second-order valence-electron chi connectivity index (χ2n) is 8.32. The molecule has 1 N–H and O–H groups in total. The van der Waals surface area contributed by atoms with Gasteiger partial charge in [0.2, 0.25) is 21.5 Å². The summed E-state index contributed by atoms with van der Waals surface area (Å²) in [6, 6.07) is 20.3. The van der Waals surface area contributed by atoms with E-state index in [1.54, 1.807) is 59.4 Å². The van der Waals surface area contributed by atoms with E-state index in [0.717, 1.165) is 11.1 Å². The fourth-order valence-corrected chi connectivity index (χ4v) is 5.22. The molecule has 1 amide bonds. The van der Waals surface area contributed by atoms with Gasteiger partial charge in [0, 0.05) is 36.9 Å². The van der Waals surface area contributed by atoms with Gasteiger partial charge in [0.25, 0.3) is 5.91 Å². The molecule has 0 bridgehead atoms. The highest BCUT2D eigenvalue weighted by Crippen LogP contribution is 2.28. The number of amides is 1. The molecule has 0 aliphatic carbocycles. The van der Waals surface area contributed by atoms with Crippen molar-refractivity contribution in [2.45, 2.75) is 16.3 Å². The van der Waals surface area contributed by atoms with Crippen molar-refractivity contribution in [3.05, 3.63) is 109 Å². The van der Waals surface area contributed by atoms with Crippen molar-refractivity contribution in [2.75, 3.05) is 0 Å². The van der Waals surface area contributed by atoms with E-state index in [2.05, 4.69) is 20.3 Å². The van der Waals surface area contributed by atoms with E-state index in [9.17, 15) is 13.2 Å². The van der Waals surface area contributed by atoms with Crippen LogP contribution in [0.1, 0.15) is 15.9 Å². The van der Waals surface area contributed by atoms with Crippen molar-refractivity contribution in [3.63, 3.8) is 0 Å². The number of rotatable bonds is 6. The molecule has 3 heterocycles. The number of nitrogens with zero attached hydrogens (tertiary/aromatic N) is 4. The van der Waals surface area contributed by atoms with Crippen LogP contribution in [0, 0.1) is 0 Å². The second-order valence-corrected chi connectivity index (χ2v) is 10.3. The summed E-state index contributed by atoms with van der Waals surface area (Å²) in [5.41, 5.74) is 2.99. The van der Waals surface area contributed by atoms with E-state index in [1.165, 1.54) is 18.3 Å². The molecule has 0 saturated heterocycles. The number of aromatic nitrogens is 4. The van der Waals surface area contributed by atoms with E-state index >= 15 is 0 Å². The van der Waals surface area contributed by atoms with Gasteiger partial charge in [-0.2, -0.15) is 0 Å². The van der Waals surface area contributed by atoms with E-state index in [0.29, 0.717) is 34.9 Å². The SMILES string of the molecule is O=C(NCc1ccc(-c2nc3cc(S(=O)(=O)c4ccccc4)ccc3o2)cc1)c1cnc2nccn2c1. The zero-order valence-electron chi connectivity index (χ0n) is 19.3. The smallest absolute Gasteiger partial charge is 0.254 e. The van der Waals surface area contributed by atoms with Gasteiger partial charge in [0.05, 0.1) is 15.4 Å². The Morgan fingerprint density at radius 1 is 0.946 bits per heavy atom. The molecule has 0 fully saturated rings. The number of nitrogens with one attached hydrogen (secondary N) is 1. The first-order valence-electron chi connectivity index (χ1n) is 11.3. The zero-order chi connectivity index (χ0) is 25.4. The number of oxazole rings is 1. The maximum absolute atomic E-state index is 12.9. The van der Waals surface area contributed by atoms with Crippen LogP contribution in [0.5, 0.6) is 0 Å². The topological polar surface area (TPSA) is 119 Å². The third kappa shape index (κ3) is 4.34. The van der Waals surface area contributed by atoms with Crippen LogP contribution in [0.4, 0.5) is 0 Å². The van der Waals surface area contributed by atoms with Crippen molar-refractivity contribution < 1.29 is 17.6 Å². The van der Waals surface area contributed by atoms with E-state index in [4.69, 9.17) is 4.42 Å². The van der Waals surface area contributed by atoms with Crippen molar-refractivity contribution in [1.82, 2.24) is 24.7 Å². The van der Waals surface area contributed by atoms with E-state index in [1.807, 2.05) is 24.3 Å². The number of benzene rings is 3. The van der Waals surface area contributed by atoms with Crippen LogP contribution in [-0.2, 0) is 16.4 Å². The average Bonchev–Trinajstić information content (AvgIpc) is 3.58. The minimum Gasteiger partial charge on any atom is -0.436 e. The van der Waals surface area contributed by atoms with E-state index in [-0.39, 0.29) is 15.7 Å². The van der Waals surface area contributed by atoms with Gasteiger partial charge in [0.1, 0.15) is 5.52 Å².